The monoisotopic (exact) mass is 524 g/mol. The first kappa shape index (κ1) is 24.1. The Morgan fingerprint density at radius 1 is 1.11 bits per heavy atom. The van der Waals surface area contributed by atoms with E-state index in [2.05, 4.69) is 15.2 Å². The van der Waals surface area contributed by atoms with E-state index in [4.69, 9.17) is 4.42 Å². The summed E-state index contributed by atoms with van der Waals surface area (Å²) in [7, 11) is 0. The maximum absolute atomic E-state index is 14.1. The van der Waals surface area contributed by atoms with Crippen LogP contribution in [0.15, 0.2) is 53.2 Å². The molecule has 1 aliphatic heterocycles. The first-order chi connectivity index (χ1) is 18.4. The summed E-state index contributed by atoms with van der Waals surface area (Å²) in [5.41, 5.74) is 1.81. The maximum Gasteiger partial charge on any atom is 0.314 e. The van der Waals surface area contributed by atoms with Gasteiger partial charge >= 0.3 is 6.43 Å². The molecule has 12 heteroatoms. The zero-order valence-corrected chi connectivity index (χ0v) is 20.1. The molecule has 0 bridgehead atoms. The number of pyridine rings is 1. The molecule has 1 aromatic carbocycles. The highest BCUT2D eigenvalue weighted by molar-refractivity contribution is 5.97. The van der Waals surface area contributed by atoms with Gasteiger partial charge in [-0.15, -0.1) is 10.2 Å². The molecule has 38 heavy (non-hydrogen) atoms. The third kappa shape index (κ3) is 4.50. The number of nitrogens with zero attached hydrogens (tertiary/aromatic N) is 6. The summed E-state index contributed by atoms with van der Waals surface area (Å²) in [4.78, 5) is 33.8. The number of benzene rings is 1. The van der Waals surface area contributed by atoms with Crippen molar-refractivity contribution < 1.29 is 27.2 Å². The molecule has 4 aromatic rings. The van der Waals surface area contributed by atoms with Gasteiger partial charge < -0.3 is 18.6 Å². The summed E-state index contributed by atoms with van der Waals surface area (Å²) in [6.07, 6.45) is 3.38. The molecular weight excluding hydrogens is 501 g/mol. The van der Waals surface area contributed by atoms with Crippen LogP contribution in [0.1, 0.15) is 37.3 Å². The van der Waals surface area contributed by atoms with Gasteiger partial charge in [-0.25, -0.2) is 9.37 Å². The molecule has 0 unspecified atom stereocenters. The highest BCUT2D eigenvalue weighted by atomic mass is 19.3. The van der Waals surface area contributed by atoms with Crippen LogP contribution in [0.2, 0.25) is 0 Å². The minimum atomic E-state index is -2.87. The number of hydrogen-bond acceptors (Lipinski definition) is 6. The molecular formula is C26H23F3N6O3. The molecule has 6 rings (SSSR count). The van der Waals surface area contributed by atoms with Crippen LogP contribution in [-0.4, -0.2) is 49.4 Å². The van der Waals surface area contributed by atoms with Crippen molar-refractivity contribution >= 4 is 23.1 Å². The number of aromatic nitrogens is 4. The Kier molecular flexibility index (Phi) is 6.09. The average Bonchev–Trinajstić information content (AvgIpc) is 3.47. The number of imidazole rings is 1. The van der Waals surface area contributed by atoms with Crippen molar-refractivity contribution in [2.45, 2.75) is 32.2 Å². The predicted molar refractivity (Wildman–Crippen MR) is 128 cm³/mol. The van der Waals surface area contributed by atoms with Crippen LogP contribution in [0.3, 0.4) is 0 Å². The van der Waals surface area contributed by atoms with Gasteiger partial charge in [-0.3, -0.25) is 9.59 Å². The van der Waals surface area contributed by atoms with E-state index >= 15 is 0 Å². The molecule has 3 aromatic heterocycles. The second kappa shape index (κ2) is 9.58. The summed E-state index contributed by atoms with van der Waals surface area (Å²) < 4.78 is 46.4. The normalized spacial score (nSPS) is 16.1. The Hall–Kier alpha value is -4.22. The summed E-state index contributed by atoms with van der Waals surface area (Å²) in [6.45, 7) is 0.765. The van der Waals surface area contributed by atoms with Crippen LogP contribution >= 0.6 is 0 Å². The van der Waals surface area contributed by atoms with Crippen LogP contribution in [0.5, 0.6) is 0 Å². The van der Waals surface area contributed by atoms with E-state index in [0.29, 0.717) is 35.7 Å². The summed E-state index contributed by atoms with van der Waals surface area (Å²) in [6, 6.07) is 9.01. The molecule has 9 nitrogen and oxygen atoms in total. The van der Waals surface area contributed by atoms with Gasteiger partial charge in [0, 0.05) is 42.7 Å². The minimum absolute atomic E-state index is 0.0603. The van der Waals surface area contributed by atoms with Crippen LogP contribution in [0, 0.1) is 17.7 Å². The lowest BCUT2D eigenvalue weighted by atomic mass is 9.83. The first-order valence-electron chi connectivity index (χ1n) is 12.3. The average molecular weight is 525 g/mol. The molecule has 0 radical (unpaired) electrons. The molecule has 2 fully saturated rings. The van der Waals surface area contributed by atoms with E-state index in [0.717, 1.165) is 19.3 Å². The van der Waals surface area contributed by atoms with Crippen LogP contribution in [0.4, 0.5) is 18.9 Å². The topological polar surface area (TPSA) is 96.8 Å². The Bertz CT molecular complexity index is 1510. The lowest BCUT2D eigenvalue weighted by Gasteiger charge is -2.43. The highest BCUT2D eigenvalue weighted by Gasteiger charge is 2.41. The standard InChI is InChI=1S/C26H23F3N6O3/c27-18-5-2-6-20(10-18)35(26(37)17-11-34(12-17)25(36)15-3-1-4-15)14-19-13-33-8-7-16(9-21(33)30-19)23-31-32-24(38-23)22(28)29/h2,5-10,13,15,17,22H,1,3-4,11-12,14H2. The van der Waals surface area contributed by atoms with Gasteiger partial charge in [-0.05, 0) is 43.2 Å². The number of likely N-dealkylation sites (tertiary alicyclic amines) is 1. The van der Waals surface area contributed by atoms with E-state index in [1.165, 1.54) is 23.1 Å². The Morgan fingerprint density at radius 3 is 2.61 bits per heavy atom. The van der Waals surface area contributed by atoms with Gasteiger partial charge in [-0.2, -0.15) is 8.78 Å². The van der Waals surface area contributed by atoms with Crippen LogP contribution in [0.25, 0.3) is 17.1 Å². The van der Waals surface area contributed by atoms with E-state index in [1.807, 2.05) is 0 Å². The second-order valence-corrected chi connectivity index (χ2v) is 9.63. The molecule has 0 atom stereocenters. The lowest BCUT2D eigenvalue weighted by molar-refractivity contribution is -0.147. The molecule has 196 valence electrons. The van der Waals surface area contributed by atoms with E-state index in [1.54, 1.807) is 39.9 Å². The Morgan fingerprint density at radius 2 is 1.92 bits per heavy atom. The number of alkyl halides is 2. The summed E-state index contributed by atoms with van der Waals surface area (Å²) in [5.74, 6) is -1.72. The zero-order valence-electron chi connectivity index (χ0n) is 20.1. The quantitative estimate of drug-likeness (QED) is 0.359. The number of carbonyl (C=O) groups excluding carboxylic acids is 2. The Labute approximate surface area is 214 Å². The van der Waals surface area contributed by atoms with Crippen molar-refractivity contribution in [3.8, 4) is 11.5 Å². The van der Waals surface area contributed by atoms with Crippen LogP contribution < -0.4 is 4.90 Å². The zero-order chi connectivity index (χ0) is 26.4. The number of hydrogen-bond donors (Lipinski definition) is 0. The van der Waals surface area contributed by atoms with Crippen molar-refractivity contribution in [1.82, 2.24) is 24.5 Å². The van der Waals surface area contributed by atoms with Crippen molar-refractivity contribution in [2.24, 2.45) is 11.8 Å². The van der Waals surface area contributed by atoms with Crippen molar-refractivity contribution in [3.05, 3.63) is 66.2 Å². The third-order valence-corrected chi connectivity index (χ3v) is 7.09. The number of fused-ring (bicyclic) bond motifs is 1. The minimum Gasteiger partial charge on any atom is -0.415 e. The summed E-state index contributed by atoms with van der Waals surface area (Å²) in [5, 5.41) is 7.01. The molecule has 0 spiro atoms. The molecule has 4 heterocycles. The number of anilines is 1. The Balaban J connectivity index is 1.23. The van der Waals surface area contributed by atoms with Gasteiger partial charge in [0.15, 0.2) is 0 Å². The first-order valence-corrected chi connectivity index (χ1v) is 12.3. The highest BCUT2D eigenvalue weighted by Crippen LogP contribution is 2.32. The van der Waals surface area contributed by atoms with E-state index in [9.17, 15) is 22.8 Å². The fourth-order valence-electron chi connectivity index (χ4n) is 4.73. The van der Waals surface area contributed by atoms with E-state index < -0.39 is 18.1 Å². The molecule has 1 aliphatic carbocycles. The van der Waals surface area contributed by atoms with Gasteiger partial charge in [0.05, 0.1) is 18.2 Å². The van der Waals surface area contributed by atoms with Crippen molar-refractivity contribution in [2.75, 3.05) is 18.0 Å². The largest absolute Gasteiger partial charge is 0.415 e. The smallest absolute Gasteiger partial charge is 0.314 e. The SMILES string of the molecule is O=C(C1CCC1)N1CC(C(=O)N(Cc2cn3ccc(-c4nnc(C(F)F)o4)cc3n2)c2cccc(F)c2)C1. The summed E-state index contributed by atoms with van der Waals surface area (Å²) >= 11 is 0. The van der Waals surface area contributed by atoms with Gasteiger partial charge in [0.25, 0.3) is 5.89 Å². The second-order valence-electron chi connectivity index (χ2n) is 9.63. The van der Waals surface area contributed by atoms with Gasteiger partial charge in [0.1, 0.15) is 11.5 Å². The number of amides is 2. The van der Waals surface area contributed by atoms with Crippen LogP contribution in [-0.2, 0) is 16.1 Å². The number of rotatable bonds is 7. The number of halogens is 3. The fraction of sp³-hybridized carbons (Fsp3) is 0.346. The third-order valence-electron chi connectivity index (χ3n) is 7.09. The van der Waals surface area contributed by atoms with Gasteiger partial charge in [0.2, 0.25) is 17.7 Å². The van der Waals surface area contributed by atoms with Crippen molar-refractivity contribution in [1.29, 1.82) is 0 Å². The van der Waals surface area contributed by atoms with Crippen molar-refractivity contribution in [3.63, 3.8) is 0 Å². The molecule has 0 N–H and O–H groups in total. The van der Waals surface area contributed by atoms with E-state index in [-0.39, 0.29) is 36.1 Å². The molecule has 2 amide bonds. The lowest BCUT2D eigenvalue weighted by Crippen LogP contribution is -2.58. The molecule has 2 aliphatic rings. The maximum atomic E-state index is 14.1. The number of carbonyl (C=O) groups is 2. The van der Waals surface area contributed by atoms with Gasteiger partial charge in [-0.1, -0.05) is 12.5 Å². The predicted octanol–water partition coefficient (Wildman–Crippen LogP) is 4.25. The fourth-order valence-corrected chi connectivity index (χ4v) is 4.73. The molecule has 1 saturated carbocycles. The molecule has 1 saturated heterocycles.